The Hall–Kier alpha value is -0.870. The fourth-order valence-electron chi connectivity index (χ4n) is 3.04. The zero-order valence-electron chi connectivity index (χ0n) is 12.5. The molecule has 5 heteroatoms. The van der Waals surface area contributed by atoms with Crippen molar-refractivity contribution in [2.45, 2.75) is 52.5 Å². The molecule has 1 aromatic heterocycles. The number of halogens is 1. The van der Waals surface area contributed by atoms with Crippen LogP contribution in [-0.4, -0.2) is 22.1 Å². The van der Waals surface area contributed by atoms with Crippen LogP contribution < -0.4 is 5.73 Å². The van der Waals surface area contributed by atoms with Crippen LogP contribution in [-0.2, 0) is 0 Å². The third-order valence-electron chi connectivity index (χ3n) is 4.56. The molecule has 1 heterocycles. The number of ketones is 1. The first kappa shape index (κ1) is 15.5. The maximum absolute atomic E-state index is 13.0. The maximum Gasteiger partial charge on any atom is 0.189 e. The largest absolute Gasteiger partial charge is 0.329 e. The van der Waals surface area contributed by atoms with E-state index in [1.807, 2.05) is 13.8 Å². The third kappa shape index (κ3) is 2.63. The average Bonchev–Trinajstić information content (AvgIpc) is 2.81. The van der Waals surface area contributed by atoms with Gasteiger partial charge in [-0.3, -0.25) is 9.48 Å². The van der Waals surface area contributed by atoms with E-state index in [2.05, 4.69) is 12.0 Å². The molecule has 0 saturated heterocycles. The van der Waals surface area contributed by atoms with Crippen molar-refractivity contribution in [3.63, 3.8) is 0 Å². The molecule has 0 atom stereocenters. The zero-order valence-corrected chi connectivity index (χ0v) is 13.3. The van der Waals surface area contributed by atoms with Gasteiger partial charge in [0.05, 0.1) is 11.2 Å². The van der Waals surface area contributed by atoms with E-state index in [0.29, 0.717) is 23.2 Å². The van der Waals surface area contributed by atoms with Gasteiger partial charge in [-0.2, -0.15) is 5.10 Å². The van der Waals surface area contributed by atoms with Crippen molar-refractivity contribution in [1.82, 2.24) is 9.78 Å². The Bertz CT molecular complexity index is 487. The molecule has 4 nitrogen and oxygen atoms in total. The summed E-state index contributed by atoms with van der Waals surface area (Å²) in [4.78, 5) is 13.0. The van der Waals surface area contributed by atoms with Gasteiger partial charge >= 0.3 is 0 Å². The number of hydrogen-bond acceptors (Lipinski definition) is 3. The van der Waals surface area contributed by atoms with Crippen LogP contribution >= 0.6 is 11.6 Å². The van der Waals surface area contributed by atoms with E-state index < -0.39 is 5.41 Å². The molecule has 1 saturated carbocycles. The second-order valence-corrected chi connectivity index (χ2v) is 6.78. The first-order valence-electron chi connectivity index (χ1n) is 7.39. The zero-order chi connectivity index (χ0) is 14.9. The molecule has 1 aliphatic carbocycles. The van der Waals surface area contributed by atoms with Crippen molar-refractivity contribution in [2.75, 3.05) is 6.54 Å². The Balaban J connectivity index is 2.37. The molecule has 0 unspecified atom stereocenters. The van der Waals surface area contributed by atoms with Crippen LogP contribution in [0.15, 0.2) is 6.20 Å². The third-order valence-corrected chi connectivity index (χ3v) is 4.84. The van der Waals surface area contributed by atoms with Crippen LogP contribution in [0.4, 0.5) is 0 Å². The van der Waals surface area contributed by atoms with E-state index in [9.17, 15) is 4.79 Å². The lowest BCUT2D eigenvalue weighted by atomic mass is 9.67. The molecule has 0 amide bonds. The molecule has 0 aromatic carbocycles. The fourth-order valence-corrected chi connectivity index (χ4v) is 3.25. The Morgan fingerprint density at radius 3 is 2.65 bits per heavy atom. The summed E-state index contributed by atoms with van der Waals surface area (Å²) in [5, 5.41) is 4.67. The second-order valence-electron chi connectivity index (χ2n) is 6.38. The Morgan fingerprint density at radius 1 is 1.55 bits per heavy atom. The van der Waals surface area contributed by atoms with E-state index in [4.69, 9.17) is 17.3 Å². The number of rotatable bonds is 4. The second kappa shape index (κ2) is 5.86. The van der Waals surface area contributed by atoms with Gasteiger partial charge in [-0.05, 0) is 45.4 Å². The molecule has 2 rings (SSSR count). The normalized spacial score (nSPS) is 27.0. The molecule has 112 valence electrons. The fraction of sp³-hybridized carbons (Fsp3) is 0.733. The molecule has 0 aliphatic heterocycles. The summed E-state index contributed by atoms with van der Waals surface area (Å²) in [6, 6.07) is 0.110. The molecule has 1 aliphatic rings. The summed E-state index contributed by atoms with van der Waals surface area (Å²) in [5.41, 5.74) is 6.05. The topological polar surface area (TPSA) is 60.9 Å². The van der Waals surface area contributed by atoms with Crippen molar-refractivity contribution < 1.29 is 4.79 Å². The molecule has 0 spiro atoms. The van der Waals surface area contributed by atoms with Crippen molar-refractivity contribution in [3.8, 4) is 0 Å². The number of nitrogens with zero attached hydrogens (tertiary/aromatic N) is 2. The minimum Gasteiger partial charge on any atom is -0.329 e. The summed E-state index contributed by atoms with van der Waals surface area (Å²) in [6.45, 7) is 6.62. The summed E-state index contributed by atoms with van der Waals surface area (Å²) in [7, 11) is 0. The molecule has 0 bridgehead atoms. The highest BCUT2D eigenvalue weighted by molar-refractivity contribution is 6.33. The van der Waals surface area contributed by atoms with Crippen LogP contribution in [0, 0.1) is 11.3 Å². The van der Waals surface area contributed by atoms with Gasteiger partial charge in [0.2, 0.25) is 0 Å². The van der Waals surface area contributed by atoms with E-state index in [1.165, 1.54) is 0 Å². The molecule has 1 aromatic rings. The number of nitrogens with two attached hydrogens (primary N) is 1. The first-order chi connectivity index (χ1) is 9.41. The smallest absolute Gasteiger partial charge is 0.189 e. The number of carbonyl (C=O) groups excluding carboxylic acids is 1. The lowest BCUT2D eigenvalue weighted by Crippen LogP contribution is -2.42. The summed E-state index contributed by atoms with van der Waals surface area (Å²) in [6.07, 6.45) is 5.36. The summed E-state index contributed by atoms with van der Waals surface area (Å²) in [5.74, 6) is 0.746. The Morgan fingerprint density at radius 2 is 2.15 bits per heavy atom. The van der Waals surface area contributed by atoms with Gasteiger partial charge in [-0.15, -0.1) is 0 Å². The van der Waals surface area contributed by atoms with E-state index >= 15 is 0 Å². The molecule has 0 radical (unpaired) electrons. The van der Waals surface area contributed by atoms with Gasteiger partial charge in [0.25, 0.3) is 0 Å². The van der Waals surface area contributed by atoms with Gasteiger partial charge in [-0.25, -0.2) is 0 Å². The van der Waals surface area contributed by atoms with Crippen LogP contribution in [0.5, 0.6) is 0 Å². The number of carbonyl (C=O) groups is 1. The SMILES string of the molecule is CC1CCC(CN)(C(=O)c2c(Cl)cnn2C(C)C)CC1. The van der Waals surface area contributed by atoms with Gasteiger partial charge < -0.3 is 5.73 Å². The van der Waals surface area contributed by atoms with E-state index in [-0.39, 0.29) is 11.8 Å². The lowest BCUT2D eigenvalue weighted by molar-refractivity contribution is 0.0681. The monoisotopic (exact) mass is 297 g/mol. The number of Topliss-reactive ketones (excluding diaryl/α,β-unsaturated/α-hetero) is 1. The van der Waals surface area contributed by atoms with Crippen molar-refractivity contribution in [1.29, 1.82) is 0 Å². The predicted molar refractivity (Wildman–Crippen MR) is 81.1 cm³/mol. The molecule has 1 fully saturated rings. The first-order valence-corrected chi connectivity index (χ1v) is 7.77. The lowest BCUT2D eigenvalue weighted by Gasteiger charge is -2.37. The van der Waals surface area contributed by atoms with Gasteiger partial charge in [0.15, 0.2) is 5.78 Å². The van der Waals surface area contributed by atoms with Crippen LogP contribution in [0.3, 0.4) is 0 Å². The highest BCUT2D eigenvalue weighted by atomic mass is 35.5. The van der Waals surface area contributed by atoms with Crippen LogP contribution in [0.25, 0.3) is 0 Å². The van der Waals surface area contributed by atoms with E-state index in [0.717, 1.165) is 25.7 Å². The average molecular weight is 298 g/mol. The maximum atomic E-state index is 13.0. The minimum atomic E-state index is -0.456. The molecular formula is C15H24ClN3O. The number of aromatic nitrogens is 2. The summed E-state index contributed by atoms with van der Waals surface area (Å²) >= 11 is 6.21. The predicted octanol–water partition coefficient (Wildman–Crippen LogP) is 3.46. The molecular weight excluding hydrogens is 274 g/mol. The van der Waals surface area contributed by atoms with Crippen molar-refractivity contribution in [2.24, 2.45) is 17.1 Å². The Kier molecular flexibility index (Phi) is 4.55. The van der Waals surface area contributed by atoms with Crippen molar-refractivity contribution in [3.05, 3.63) is 16.9 Å². The van der Waals surface area contributed by atoms with Crippen LogP contribution in [0.1, 0.15) is 63.0 Å². The highest BCUT2D eigenvalue weighted by Gasteiger charge is 2.42. The molecule has 20 heavy (non-hydrogen) atoms. The Labute approximate surface area is 125 Å². The minimum absolute atomic E-state index is 0.0723. The van der Waals surface area contributed by atoms with Gasteiger partial charge in [-0.1, -0.05) is 18.5 Å². The van der Waals surface area contributed by atoms with Gasteiger partial charge in [0, 0.05) is 18.0 Å². The van der Waals surface area contributed by atoms with E-state index in [1.54, 1.807) is 10.9 Å². The van der Waals surface area contributed by atoms with Gasteiger partial charge in [0.1, 0.15) is 5.69 Å². The van der Waals surface area contributed by atoms with Crippen molar-refractivity contribution >= 4 is 17.4 Å². The quantitative estimate of drug-likeness (QED) is 0.866. The van der Waals surface area contributed by atoms with Crippen LogP contribution in [0.2, 0.25) is 5.02 Å². The summed E-state index contributed by atoms with van der Waals surface area (Å²) < 4.78 is 1.72. The number of hydrogen-bond donors (Lipinski definition) is 1. The molecule has 2 N–H and O–H groups in total. The highest BCUT2D eigenvalue weighted by Crippen LogP contribution is 2.41. The standard InChI is InChI=1S/C15H24ClN3O/c1-10(2)19-13(12(16)8-18-19)14(20)15(9-17)6-4-11(3)5-7-15/h8,10-11H,4-7,9,17H2,1-3H3.